The Morgan fingerprint density at radius 1 is 1.53 bits per heavy atom. The van der Waals surface area contributed by atoms with Gasteiger partial charge in [0.2, 0.25) is 0 Å². The minimum absolute atomic E-state index is 0.273. The average Bonchev–Trinajstić information content (AvgIpc) is 2.70. The van der Waals surface area contributed by atoms with Gasteiger partial charge in [0.25, 0.3) is 0 Å². The molecule has 5 nitrogen and oxygen atoms in total. The lowest BCUT2D eigenvalue weighted by Crippen LogP contribution is -2.51. The van der Waals surface area contributed by atoms with Gasteiger partial charge in [0, 0.05) is 25.7 Å². The van der Waals surface area contributed by atoms with Gasteiger partial charge in [-0.2, -0.15) is 0 Å². The quantitative estimate of drug-likeness (QED) is 0.900. The van der Waals surface area contributed by atoms with Gasteiger partial charge in [-0.25, -0.2) is 4.79 Å². The Hall–Kier alpha value is -1.33. The van der Waals surface area contributed by atoms with Crippen molar-refractivity contribution < 1.29 is 14.3 Å². The van der Waals surface area contributed by atoms with Crippen LogP contribution in [0, 0.1) is 6.92 Å². The zero-order valence-electron chi connectivity index (χ0n) is 11.8. The summed E-state index contributed by atoms with van der Waals surface area (Å²) in [6, 6.07) is 2.18. The summed E-state index contributed by atoms with van der Waals surface area (Å²) in [5.74, 6) is 0.312. The molecule has 0 radical (unpaired) electrons. The smallest absolute Gasteiger partial charge is 0.339 e. The number of aromatic carboxylic acids is 1. The molecule has 1 aromatic rings. The number of hydrogen-bond donors (Lipinski definition) is 1. The van der Waals surface area contributed by atoms with Crippen molar-refractivity contribution in [2.45, 2.75) is 33.4 Å². The van der Waals surface area contributed by atoms with Crippen molar-refractivity contribution >= 4 is 5.97 Å². The SMILES string of the molecule is CCN1CCN(Cc2cc(C(=O)O)c(C)o2)CC1C. The van der Waals surface area contributed by atoms with Crippen molar-refractivity contribution in [1.82, 2.24) is 9.80 Å². The number of rotatable bonds is 4. The Kier molecular flexibility index (Phi) is 4.27. The van der Waals surface area contributed by atoms with Gasteiger partial charge >= 0.3 is 5.97 Å². The number of hydrogen-bond acceptors (Lipinski definition) is 4. The van der Waals surface area contributed by atoms with Gasteiger partial charge in [0.05, 0.1) is 6.54 Å². The summed E-state index contributed by atoms with van der Waals surface area (Å²) < 4.78 is 5.53. The molecule has 1 atom stereocenters. The van der Waals surface area contributed by atoms with Crippen LogP contribution < -0.4 is 0 Å². The molecule has 5 heteroatoms. The molecule has 1 aliphatic rings. The van der Waals surface area contributed by atoms with Crippen LogP contribution in [0.15, 0.2) is 10.5 Å². The maximum absolute atomic E-state index is 11.0. The fourth-order valence-corrected chi connectivity index (χ4v) is 2.74. The van der Waals surface area contributed by atoms with E-state index in [0.717, 1.165) is 31.9 Å². The molecule has 0 amide bonds. The van der Waals surface area contributed by atoms with E-state index in [1.807, 2.05) is 0 Å². The van der Waals surface area contributed by atoms with Crippen LogP contribution in [0.1, 0.15) is 35.7 Å². The van der Waals surface area contributed by atoms with Gasteiger partial charge in [-0.1, -0.05) is 6.92 Å². The second-order valence-electron chi connectivity index (χ2n) is 5.20. The molecule has 1 aromatic heterocycles. The fraction of sp³-hybridized carbons (Fsp3) is 0.643. The fourth-order valence-electron chi connectivity index (χ4n) is 2.74. The van der Waals surface area contributed by atoms with Crippen molar-refractivity contribution in [2.75, 3.05) is 26.2 Å². The van der Waals surface area contributed by atoms with E-state index < -0.39 is 5.97 Å². The first-order valence-electron chi connectivity index (χ1n) is 6.80. The highest BCUT2D eigenvalue weighted by Gasteiger charge is 2.23. The van der Waals surface area contributed by atoms with Crippen molar-refractivity contribution in [3.05, 3.63) is 23.2 Å². The molecule has 1 aliphatic heterocycles. The Labute approximate surface area is 113 Å². The third kappa shape index (κ3) is 3.16. The number of nitrogens with zero attached hydrogens (tertiary/aromatic N) is 2. The highest BCUT2D eigenvalue weighted by Crippen LogP contribution is 2.18. The van der Waals surface area contributed by atoms with Crippen LogP contribution in [0.25, 0.3) is 0 Å². The van der Waals surface area contributed by atoms with Gasteiger partial charge in [-0.05, 0) is 26.5 Å². The van der Waals surface area contributed by atoms with Gasteiger partial charge < -0.3 is 9.52 Å². The maximum atomic E-state index is 11.0. The normalized spacial score (nSPS) is 21.7. The second kappa shape index (κ2) is 5.75. The molecule has 1 saturated heterocycles. The highest BCUT2D eigenvalue weighted by molar-refractivity contribution is 5.88. The van der Waals surface area contributed by atoms with Crippen LogP contribution in [0.3, 0.4) is 0 Å². The molecule has 1 N–H and O–H groups in total. The van der Waals surface area contributed by atoms with E-state index in [1.165, 1.54) is 0 Å². The van der Waals surface area contributed by atoms with Crippen molar-refractivity contribution in [1.29, 1.82) is 0 Å². The van der Waals surface area contributed by atoms with E-state index >= 15 is 0 Å². The van der Waals surface area contributed by atoms with E-state index in [1.54, 1.807) is 13.0 Å². The van der Waals surface area contributed by atoms with Crippen LogP contribution in [0.2, 0.25) is 0 Å². The molecular formula is C14H22N2O3. The number of likely N-dealkylation sites (N-methyl/N-ethyl adjacent to an activating group) is 1. The predicted molar refractivity (Wildman–Crippen MR) is 72.4 cm³/mol. The third-order valence-corrected chi connectivity index (χ3v) is 3.83. The minimum Gasteiger partial charge on any atom is -0.478 e. The van der Waals surface area contributed by atoms with Gasteiger partial charge in [-0.3, -0.25) is 9.80 Å². The molecule has 0 aliphatic carbocycles. The van der Waals surface area contributed by atoms with Crippen LogP contribution in [0.5, 0.6) is 0 Å². The summed E-state index contributed by atoms with van der Waals surface area (Å²) in [5, 5.41) is 9.01. The first-order chi connectivity index (χ1) is 9.01. The summed E-state index contributed by atoms with van der Waals surface area (Å²) in [6.45, 7) is 10.9. The molecule has 2 rings (SSSR count). The Balaban J connectivity index is 1.99. The molecule has 106 valence electrons. The van der Waals surface area contributed by atoms with E-state index in [4.69, 9.17) is 9.52 Å². The number of carbonyl (C=O) groups is 1. The Bertz CT molecular complexity index is 456. The summed E-state index contributed by atoms with van der Waals surface area (Å²) >= 11 is 0. The predicted octanol–water partition coefficient (Wildman–Crippen LogP) is 1.81. The van der Waals surface area contributed by atoms with Crippen LogP contribution in [-0.4, -0.2) is 53.1 Å². The van der Waals surface area contributed by atoms with E-state index in [0.29, 0.717) is 18.3 Å². The minimum atomic E-state index is -0.920. The van der Waals surface area contributed by atoms with Gasteiger partial charge in [-0.15, -0.1) is 0 Å². The van der Waals surface area contributed by atoms with Gasteiger partial charge in [0.1, 0.15) is 17.1 Å². The average molecular weight is 266 g/mol. The standard InChI is InChI=1S/C14H22N2O3/c1-4-16-6-5-15(8-10(16)2)9-12-7-13(14(17)18)11(3)19-12/h7,10H,4-6,8-9H2,1-3H3,(H,17,18). The van der Waals surface area contributed by atoms with Crippen LogP contribution >= 0.6 is 0 Å². The van der Waals surface area contributed by atoms with Crippen LogP contribution in [0.4, 0.5) is 0 Å². The number of piperazine rings is 1. The van der Waals surface area contributed by atoms with E-state index in [2.05, 4.69) is 23.6 Å². The molecule has 0 spiro atoms. The van der Waals surface area contributed by atoms with Gasteiger partial charge in [0.15, 0.2) is 0 Å². The van der Waals surface area contributed by atoms with E-state index in [-0.39, 0.29) is 5.56 Å². The summed E-state index contributed by atoms with van der Waals surface area (Å²) in [7, 11) is 0. The lowest BCUT2D eigenvalue weighted by atomic mass is 10.2. The summed E-state index contributed by atoms with van der Waals surface area (Å²) in [5.41, 5.74) is 0.273. The maximum Gasteiger partial charge on any atom is 0.339 e. The zero-order valence-corrected chi connectivity index (χ0v) is 11.8. The first kappa shape index (κ1) is 14.1. The van der Waals surface area contributed by atoms with Crippen molar-refractivity contribution in [3.8, 4) is 0 Å². The molecule has 19 heavy (non-hydrogen) atoms. The number of aryl methyl sites for hydroxylation is 1. The monoisotopic (exact) mass is 266 g/mol. The summed E-state index contributed by atoms with van der Waals surface area (Å²) in [6.07, 6.45) is 0. The second-order valence-corrected chi connectivity index (χ2v) is 5.20. The number of furan rings is 1. The lowest BCUT2D eigenvalue weighted by molar-refractivity contribution is 0.0695. The van der Waals surface area contributed by atoms with Crippen molar-refractivity contribution in [2.24, 2.45) is 0 Å². The molecule has 1 unspecified atom stereocenters. The molecule has 0 aromatic carbocycles. The third-order valence-electron chi connectivity index (χ3n) is 3.83. The largest absolute Gasteiger partial charge is 0.478 e. The zero-order chi connectivity index (χ0) is 14.0. The molecular weight excluding hydrogens is 244 g/mol. The number of carboxylic acid groups (broad SMARTS) is 1. The lowest BCUT2D eigenvalue weighted by Gasteiger charge is -2.38. The molecule has 0 bridgehead atoms. The van der Waals surface area contributed by atoms with Crippen LogP contribution in [-0.2, 0) is 6.54 Å². The first-order valence-corrected chi connectivity index (χ1v) is 6.80. The molecule has 1 fully saturated rings. The Morgan fingerprint density at radius 3 is 2.79 bits per heavy atom. The molecule has 2 heterocycles. The number of carboxylic acids is 1. The Morgan fingerprint density at radius 2 is 2.26 bits per heavy atom. The van der Waals surface area contributed by atoms with E-state index in [9.17, 15) is 4.79 Å². The summed E-state index contributed by atoms with van der Waals surface area (Å²) in [4.78, 5) is 15.8. The van der Waals surface area contributed by atoms with Crippen molar-refractivity contribution in [3.63, 3.8) is 0 Å². The topological polar surface area (TPSA) is 56.9 Å². The highest BCUT2D eigenvalue weighted by atomic mass is 16.4. The molecule has 0 saturated carbocycles.